The molecule has 0 aliphatic rings. The van der Waals surface area contributed by atoms with Gasteiger partial charge in [-0.1, -0.05) is 0 Å². The van der Waals surface area contributed by atoms with Crippen molar-refractivity contribution >= 4 is 29.7 Å². The Morgan fingerprint density at radius 2 is 1.37 bits per heavy atom. The number of carboxylic acid groups (broad SMARTS) is 2. The summed E-state index contributed by atoms with van der Waals surface area (Å²) >= 11 is 0. The molecular formula is C14H24N4O9. The van der Waals surface area contributed by atoms with Gasteiger partial charge in [0, 0.05) is 6.42 Å². The molecule has 13 nitrogen and oxygen atoms in total. The second-order valence-corrected chi connectivity index (χ2v) is 5.59. The molecule has 4 unspecified atom stereocenters. The maximum Gasteiger partial charge on any atom is 0.328 e. The number of hydrogen-bond donors (Lipinski definition) is 8. The predicted octanol–water partition coefficient (Wildman–Crippen LogP) is -4.28. The number of nitrogens with two attached hydrogens (primary N) is 1. The first-order chi connectivity index (χ1) is 12.5. The number of aliphatic hydroxyl groups is 2. The van der Waals surface area contributed by atoms with E-state index in [1.54, 1.807) is 0 Å². The Morgan fingerprint density at radius 1 is 0.852 bits per heavy atom. The molecule has 3 amide bonds. The van der Waals surface area contributed by atoms with Crippen molar-refractivity contribution < 1.29 is 44.4 Å². The maximum absolute atomic E-state index is 12.0. The summed E-state index contributed by atoms with van der Waals surface area (Å²) in [5, 5.41) is 41.6. The minimum Gasteiger partial charge on any atom is -0.481 e. The number of carbonyl (C=O) groups excluding carboxylic acids is 3. The molecule has 0 spiro atoms. The molecule has 0 heterocycles. The van der Waals surface area contributed by atoms with Crippen LogP contribution in [0.15, 0.2) is 0 Å². The summed E-state index contributed by atoms with van der Waals surface area (Å²) in [6, 6.07) is -5.48. The summed E-state index contributed by atoms with van der Waals surface area (Å²) in [4.78, 5) is 56.9. The van der Waals surface area contributed by atoms with Crippen LogP contribution in [0.5, 0.6) is 0 Å². The second kappa shape index (κ2) is 11.8. The van der Waals surface area contributed by atoms with Crippen LogP contribution in [0.25, 0.3) is 0 Å². The molecule has 0 rings (SSSR count). The van der Waals surface area contributed by atoms with Crippen LogP contribution in [0.2, 0.25) is 0 Å². The van der Waals surface area contributed by atoms with Crippen molar-refractivity contribution in [3.05, 3.63) is 0 Å². The molecule has 0 aromatic carbocycles. The van der Waals surface area contributed by atoms with Crippen LogP contribution >= 0.6 is 0 Å². The average molecular weight is 392 g/mol. The Kier molecular flexibility index (Phi) is 10.6. The molecule has 0 aromatic heterocycles. The Morgan fingerprint density at radius 3 is 1.81 bits per heavy atom. The van der Waals surface area contributed by atoms with Crippen molar-refractivity contribution in [1.29, 1.82) is 0 Å². The highest BCUT2D eigenvalue weighted by molar-refractivity contribution is 5.94. The van der Waals surface area contributed by atoms with E-state index in [9.17, 15) is 29.1 Å². The molecule has 0 saturated carbocycles. The fourth-order valence-corrected chi connectivity index (χ4v) is 1.74. The Labute approximate surface area is 153 Å². The van der Waals surface area contributed by atoms with Gasteiger partial charge in [-0.15, -0.1) is 0 Å². The molecule has 27 heavy (non-hydrogen) atoms. The van der Waals surface area contributed by atoms with E-state index in [2.05, 4.69) is 10.6 Å². The van der Waals surface area contributed by atoms with Gasteiger partial charge in [-0.3, -0.25) is 19.2 Å². The fourth-order valence-electron chi connectivity index (χ4n) is 1.74. The first kappa shape index (κ1) is 24.2. The number of rotatable bonds is 12. The third kappa shape index (κ3) is 8.94. The lowest BCUT2D eigenvalue weighted by Gasteiger charge is -2.22. The third-order valence-corrected chi connectivity index (χ3v) is 3.37. The number of amides is 3. The zero-order chi connectivity index (χ0) is 21.1. The summed E-state index contributed by atoms with van der Waals surface area (Å²) in [7, 11) is 0. The second-order valence-electron chi connectivity index (χ2n) is 5.59. The smallest absolute Gasteiger partial charge is 0.328 e. The number of carboxylic acids is 2. The van der Waals surface area contributed by atoms with Crippen LogP contribution in [0.4, 0.5) is 0 Å². The molecular weight excluding hydrogens is 368 g/mol. The first-order valence-corrected chi connectivity index (χ1v) is 7.86. The van der Waals surface area contributed by atoms with Crippen LogP contribution < -0.4 is 21.7 Å². The summed E-state index contributed by atoms with van der Waals surface area (Å²) in [6.07, 6.45) is -0.547. The van der Waals surface area contributed by atoms with Gasteiger partial charge in [0.15, 0.2) is 0 Å². The zero-order valence-corrected chi connectivity index (χ0v) is 14.5. The highest BCUT2D eigenvalue weighted by atomic mass is 16.4. The SMILES string of the molecule is CC(NC(=O)C(CO)NC(=O)C(N)CCC(=O)O)C(=O)NC(CO)C(=O)O. The maximum atomic E-state index is 12.0. The first-order valence-electron chi connectivity index (χ1n) is 7.86. The van der Waals surface area contributed by atoms with Gasteiger partial charge in [-0.05, 0) is 13.3 Å². The van der Waals surface area contributed by atoms with Gasteiger partial charge in [-0.2, -0.15) is 0 Å². The van der Waals surface area contributed by atoms with E-state index in [1.165, 1.54) is 6.92 Å². The minimum absolute atomic E-state index is 0.183. The molecule has 0 fully saturated rings. The van der Waals surface area contributed by atoms with Crippen molar-refractivity contribution in [3.8, 4) is 0 Å². The van der Waals surface area contributed by atoms with E-state index in [4.69, 9.17) is 21.1 Å². The molecule has 0 aliphatic heterocycles. The molecule has 13 heteroatoms. The monoisotopic (exact) mass is 392 g/mol. The molecule has 0 radical (unpaired) electrons. The van der Waals surface area contributed by atoms with Crippen LogP contribution in [0.3, 0.4) is 0 Å². The number of aliphatic carboxylic acids is 2. The summed E-state index contributed by atoms with van der Waals surface area (Å²) in [5.41, 5.74) is 5.48. The van der Waals surface area contributed by atoms with Gasteiger partial charge in [0.05, 0.1) is 19.3 Å². The number of nitrogens with one attached hydrogen (secondary N) is 3. The topological polar surface area (TPSA) is 228 Å². The Bertz CT molecular complexity index is 569. The largest absolute Gasteiger partial charge is 0.481 e. The lowest BCUT2D eigenvalue weighted by atomic mass is 10.1. The van der Waals surface area contributed by atoms with Crippen LogP contribution in [-0.4, -0.2) is 87.5 Å². The van der Waals surface area contributed by atoms with Crippen LogP contribution in [0, 0.1) is 0 Å². The van der Waals surface area contributed by atoms with E-state index < -0.39 is 67.0 Å². The van der Waals surface area contributed by atoms with Gasteiger partial charge < -0.3 is 42.1 Å². The number of hydrogen-bond acceptors (Lipinski definition) is 8. The summed E-state index contributed by atoms with van der Waals surface area (Å²) in [6.45, 7) is -0.463. The number of carbonyl (C=O) groups is 5. The molecule has 4 atom stereocenters. The van der Waals surface area contributed by atoms with Gasteiger partial charge in [-0.25, -0.2) is 4.79 Å². The van der Waals surface area contributed by atoms with Crippen molar-refractivity contribution in [2.75, 3.05) is 13.2 Å². The Balaban J connectivity index is 4.69. The van der Waals surface area contributed by atoms with E-state index in [0.29, 0.717) is 0 Å². The lowest BCUT2D eigenvalue weighted by molar-refractivity contribution is -0.143. The van der Waals surface area contributed by atoms with Crippen molar-refractivity contribution in [3.63, 3.8) is 0 Å². The van der Waals surface area contributed by atoms with Gasteiger partial charge in [0.1, 0.15) is 18.1 Å². The summed E-state index contributed by atoms with van der Waals surface area (Å²) < 4.78 is 0. The van der Waals surface area contributed by atoms with Gasteiger partial charge in [0.25, 0.3) is 0 Å². The van der Waals surface area contributed by atoms with E-state index in [0.717, 1.165) is 0 Å². The molecule has 0 bridgehead atoms. The Hall–Kier alpha value is -2.77. The quantitative estimate of drug-likeness (QED) is 0.159. The predicted molar refractivity (Wildman–Crippen MR) is 88.1 cm³/mol. The van der Waals surface area contributed by atoms with Gasteiger partial charge >= 0.3 is 11.9 Å². The molecule has 0 saturated heterocycles. The lowest BCUT2D eigenvalue weighted by Crippen LogP contribution is -2.57. The highest BCUT2D eigenvalue weighted by Crippen LogP contribution is 1.97. The van der Waals surface area contributed by atoms with Crippen molar-refractivity contribution in [1.82, 2.24) is 16.0 Å². The fraction of sp³-hybridized carbons (Fsp3) is 0.643. The summed E-state index contributed by atoms with van der Waals surface area (Å²) in [5.74, 6) is -5.35. The van der Waals surface area contributed by atoms with Crippen LogP contribution in [-0.2, 0) is 24.0 Å². The normalized spacial score (nSPS) is 15.0. The number of aliphatic hydroxyl groups excluding tert-OH is 2. The van der Waals surface area contributed by atoms with Crippen molar-refractivity contribution in [2.45, 2.75) is 43.9 Å². The average Bonchev–Trinajstić information content (AvgIpc) is 2.60. The third-order valence-electron chi connectivity index (χ3n) is 3.37. The van der Waals surface area contributed by atoms with E-state index in [1.807, 2.05) is 5.32 Å². The molecule has 0 aliphatic carbocycles. The van der Waals surface area contributed by atoms with E-state index >= 15 is 0 Å². The zero-order valence-electron chi connectivity index (χ0n) is 14.5. The molecule has 0 aromatic rings. The van der Waals surface area contributed by atoms with Crippen molar-refractivity contribution in [2.24, 2.45) is 5.73 Å². The standard InChI is InChI=1S/C14H24N4O9/c1-6(11(23)18-9(5-20)14(26)27)16-13(25)8(4-19)17-12(24)7(15)2-3-10(21)22/h6-9,19-20H,2-5,15H2,1H3,(H,16,25)(H,17,24)(H,18,23)(H,21,22)(H,26,27). The highest BCUT2D eigenvalue weighted by Gasteiger charge is 2.27. The minimum atomic E-state index is -1.56. The van der Waals surface area contributed by atoms with E-state index in [-0.39, 0.29) is 12.8 Å². The molecule has 9 N–H and O–H groups in total. The van der Waals surface area contributed by atoms with Crippen LogP contribution in [0.1, 0.15) is 19.8 Å². The van der Waals surface area contributed by atoms with Gasteiger partial charge in [0.2, 0.25) is 17.7 Å². The molecule has 154 valence electrons.